The van der Waals surface area contributed by atoms with Gasteiger partial charge in [0.2, 0.25) is 0 Å². The highest BCUT2D eigenvalue weighted by atomic mass is 16.2. The van der Waals surface area contributed by atoms with Crippen LogP contribution in [-0.4, -0.2) is 24.7 Å². The van der Waals surface area contributed by atoms with Gasteiger partial charge in [0.25, 0.3) is 5.91 Å². The number of aryl methyl sites for hydroxylation is 1. The topological polar surface area (TPSA) is 35.9 Å². The van der Waals surface area contributed by atoms with Crippen LogP contribution in [0.3, 0.4) is 0 Å². The Balaban J connectivity index is 1.59. The molecule has 0 radical (unpaired) electrons. The van der Waals surface area contributed by atoms with Crippen molar-refractivity contribution in [1.82, 2.24) is 0 Å². The number of para-hydroxylation sites is 1. The van der Waals surface area contributed by atoms with E-state index in [-0.39, 0.29) is 5.91 Å². The van der Waals surface area contributed by atoms with E-state index >= 15 is 0 Å². The average molecular weight is 359 g/mol. The SMILES string of the molecule is CC1=NN(c2ccccc2)C(=O)/C1=C/c1ccc(N2CCCCC2)c(C)c1. The van der Waals surface area contributed by atoms with Crippen molar-refractivity contribution in [1.29, 1.82) is 0 Å². The Hall–Kier alpha value is -2.88. The third-order valence-corrected chi connectivity index (χ3v) is 5.29. The lowest BCUT2D eigenvalue weighted by molar-refractivity contribution is -0.114. The van der Waals surface area contributed by atoms with Crippen LogP contribution < -0.4 is 9.91 Å². The normalized spacial score (nSPS) is 19.0. The van der Waals surface area contributed by atoms with E-state index in [1.807, 2.05) is 43.3 Å². The molecular formula is C23H25N3O. The Bertz CT molecular complexity index is 908. The molecule has 0 atom stereocenters. The van der Waals surface area contributed by atoms with E-state index in [2.05, 4.69) is 35.1 Å². The minimum atomic E-state index is -0.0727. The molecule has 27 heavy (non-hydrogen) atoms. The van der Waals surface area contributed by atoms with Gasteiger partial charge >= 0.3 is 0 Å². The molecule has 0 aliphatic carbocycles. The van der Waals surface area contributed by atoms with Gasteiger partial charge in [-0.05, 0) is 74.6 Å². The first-order valence-electron chi connectivity index (χ1n) is 9.66. The Kier molecular flexibility index (Phi) is 4.80. The Morgan fingerprint density at radius 1 is 0.963 bits per heavy atom. The predicted octanol–water partition coefficient (Wildman–Crippen LogP) is 4.79. The van der Waals surface area contributed by atoms with E-state index in [9.17, 15) is 4.79 Å². The second-order valence-electron chi connectivity index (χ2n) is 7.29. The molecule has 1 fully saturated rings. The van der Waals surface area contributed by atoms with Crippen molar-refractivity contribution >= 4 is 29.1 Å². The molecule has 138 valence electrons. The number of benzene rings is 2. The summed E-state index contributed by atoms with van der Waals surface area (Å²) in [6.07, 6.45) is 5.82. The molecule has 4 rings (SSSR count). The van der Waals surface area contributed by atoms with Crippen molar-refractivity contribution in [2.24, 2.45) is 5.10 Å². The number of hydrogen-bond acceptors (Lipinski definition) is 3. The van der Waals surface area contributed by atoms with Crippen molar-refractivity contribution < 1.29 is 4.79 Å². The number of piperidine rings is 1. The van der Waals surface area contributed by atoms with Gasteiger partial charge in [0.05, 0.1) is 17.0 Å². The van der Waals surface area contributed by atoms with Crippen LogP contribution in [0.2, 0.25) is 0 Å². The third-order valence-electron chi connectivity index (χ3n) is 5.29. The first-order valence-corrected chi connectivity index (χ1v) is 9.66. The van der Waals surface area contributed by atoms with Gasteiger partial charge < -0.3 is 4.90 Å². The van der Waals surface area contributed by atoms with E-state index < -0.39 is 0 Å². The highest BCUT2D eigenvalue weighted by Crippen LogP contribution is 2.28. The highest BCUT2D eigenvalue weighted by molar-refractivity contribution is 6.32. The smallest absolute Gasteiger partial charge is 0.280 e. The summed E-state index contributed by atoms with van der Waals surface area (Å²) in [5, 5.41) is 5.94. The second kappa shape index (κ2) is 7.39. The first kappa shape index (κ1) is 17.5. The number of carbonyl (C=O) groups is 1. The molecule has 1 saturated heterocycles. The second-order valence-corrected chi connectivity index (χ2v) is 7.29. The Labute approximate surface area is 160 Å². The molecule has 4 nitrogen and oxygen atoms in total. The monoisotopic (exact) mass is 359 g/mol. The van der Waals surface area contributed by atoms with Crippen LogP contribution in [0.15, 0.2) is 59.2 Å². The third kappa shape index (κ3) is 3.52. The van der Waals surface area contributed by atoms with Crippen LogP contribution in [0.4, 0.5) is 11.4 Å². The standard InChI is InChI=1S/C23H25N3O/c1-17-15-19(11-12-22(17)25-13-7-4-8-14-25)16-21-18(2)24-26(23(21)27)20-9-5-3-6-10-20/h3,5-6,9-12,15-16H,4,7-8,13-14H2,1-2H3/b21-16+. The predicted molar refractivity (Wildman–Crippen MR) is 112 cm³/mol. The molecular weight excluding hydrogens is 334 g/mol. The fourth-order valence-electron chi connectivity index (χ4n) is 3.85. The molecule has 2 aromatic rings. The van der Waals surface area contributed by atoms with Gasteiger partial charge in [-0.15, -0.1) is 0 Å². The lowest BCUT2D eigenvalue weighted by Crippen LogP contribution is -2.29. The van der Waals surface area contributed by atoms with Crippen LogP contribution >= 0.6 is 0 Å². The molecule has 2 aliphatic rings. The molecule has 4 heteroatoms. The zero-order valence-corrected chi connectivity index (χ0v) is 16.0. The van der Waals surface area contributed by atoms with Gasteiger partial charge in [-0.1, -0.05) is 24.3 Å². The number of anilines is 2. The maximum Gasteiger partial charge on any atom is 0.280 e. The summed E-state index contributed by atoms with van der Waals surface area (Å²) < 4.78 is 0. The molecule has 0 saturated carbocycles. The number of nitrogens with zero attached hydrogens (tertiary/aromatic N) is 3. The van der Waals surface area contributed by atoms with Gasteiger partial charge in [-0.3, -0.25) is 4.79 Å². The van der Waals surface area contributed by atoms with Gasteiger partial charge in [-0.25, -0.2) is 0 Å². The van der Waals surface area contributed by atoms with E-state index in [0.29, 0.717) is 5.57 Å². The number of carbonyl (C=O) groups excluding carboxylic acids is 1. The highest BCUT2D eigenvalue weighted by Gasteiger charge is 2.28. The molecule has 2 heterocycles. The summed E-state index contributed by atoms with van der Waals surface area (Å²) >= 11 is 0. The van der Waals surface area contributed by atoms with Gasteiger partial charge in [0.1, 0.15) is 0 Å². The maximum atomic E-state index is 12.9. The van der Waals surface area contributed by atoms with Gasteiger partial charge in [-0.2, -0.15) is 10.1 Å². The van der Waals surface area contributed by atoms with E-state index in [0.717, 1.165) is 30.1 Å². The van der Waals surface area contributed by atoms with Crippen LogP contribution in [0.5, 0.6) is 0 Å². The van der Waals surface area contributed by atoms with Crippen LogP contribution in [0.1, 0.15) is 37.3 Å². The van der Waals surface area contributed by atoms with Crippen LogP contribution in [0.25, 0.3) is 6.08 Å². The lowest BCUT2D eigenvalue weighted by Gasteiger charge is -2.30. The van der Waals surface area contributed by atoms with Gasteiger partial charge in [0.15, 0.2) is 0 Å². The number of amides is 1. The summed E-state index contributed by atoms with van der Waals surface area (Å²) in [6.45, 7) is 6.32. The number of rotatable bonds is 3. The number of hydrazone groups is 1. The maximum absolute atomic E-state index is 12.9. The van der Waals surface area contributed by atoms with Gasteiger partial charge in [0, 0.05) is 18.8 Å². The van der Waals surface area contributed by atoms with Crippen molar-refractivity contribution in [3.63, 3.8) is 0 Å². The summed E-state index contributed by atoms with van der Waals surface area (Å²) in [7, 11) is 0. The molecule has 2 aliphatic heterocycles. The minimum Gasteiger partial charge on any atom is -0.371 e. The molecule has 0 bridgehead atoms. The zero-order valence-electron chi connectivity index (χ0n) is 16.0. The lowest BCUT2D eigenvalue weighted by atomic mass is 10.0. The molecule has 0 N–H and O–H groups in total. The summed E-state index contributed by atoms with van der Waals surface area (Å²) in [5.74, 6) is -0.0727. The Morgan fingerprint density at radius 2 is 1.70 bits per heavy atom. The number of hydrogen-bond donors (Lipinski definition) is 0. The fourth-order valence-corrected chi connectivity index (χ4v) is 3.85. The quantitative estimate of drug-likeness (QED) is 0.739. The average Bonchev–Trinajstić information content (AvgIpc) is 2.98. The van der Waals surface area contributed by atoms with E-state index in [4.69, 9.17) is 0 Å². The van der Waals surface area contributed by atoms with Crippen molar-refractivity contribution in [3.8, 4) is 0 Å². The van der Waals surface area contributed by atoms with Crippen LogP contribution in [0, 0.1) is 6.92 Å². The van der Waals surface area contributed by atoms with Crippen molar-refractivity contribution in [2.45, 2.75) is 33.1 Å². The summed E-state index contributed by atoms with van der Waals surface area (Å²) in [5.41, 5.74) is 5.81. The minimum absolute atomic E-state index is 0.0727. The fraction of sp³-hybridized carbons (Fsp3) is 0.304. The summed E-state index contributed by atoms with van der Waals surface area (Å²) in [4.78, 5) is 15.3. The van der Waals surface area contributed by atoms with Crippen LogP contribution in [-0.2, 0) is 4.79 Å². The van der Waals surface area contributed by atoms with Crippen molar-refractivity contribution in [2.75, 3.05) is 23.0 Å². The molecule has 0 aromatic heterocycles. The molecule has 1 amide bonds. The molecule has 2 aromatic carbocycles. The summed E-state index contributed by atoms with van der Waals surface area (Å²) in [6, 6.07) is 16.0. The largest absolute Gasteiger partial charge is 0.371 e. The first-order chi connectivity index (χ1) is 13.1. The molecule has 0 unspecified atom stereocenters. The molecule has 0 spiro atoms. The Morgan fingerprint density at radius 3 is 2.41 bits per heavy atom. The van der Waals surface area contributed by atoms with E-state index in [1.54, 1.807) is 0 Å². The zero-order chi connectivity index (χ0) is 18.8. The van der Waals surface area contributed by atoms with E-state index in [1.165, 1.54) is 35.5 Å². The van der Waals surface area contributed by atoms with Crippen molar-refractivity contribution in [3.05, 3.63) is 65.2 Å².